The summed E-state index contributed by atoms with van der Waals surface area (Å²) in [6, 6.07) is 17.7. The van der Waals surface area contributed by atoms with Crippen molar-refractivity contribution in [2.45, 2.75) is 17.1 Å². The van der Waals surface area contributed by atoms with Crippen molar-refractivity contribution in [2.75, 3.05) is 45.9 Å². The molecule has 2 heterocycles. The normalized spacial score (nSPS) is 15.8. The third-order valence-electron chi connectivity index (χ3n) is 6.28. The standard InChI is InChI=1S/C23H28N2OS.2C4H4O4/c26-17-16-25-14-12-24(13-15-25)11-5-9-21-20-7-2-1-6-19(20)18-27-23-10-4-3-8-22(21)23;2*5-3(6)1-2-4(7)8/h1-4,6-10,26H,5,11-18H2;2*1-2H,(H,5,6)(H,7,8)/b21-9-;2*2-1-. The molecule has 1 saturated heterocycles. The number of aliphatic hydroxyl groups is 1. The Kier molecular flexibility index (Phi) is 15.5. The van der Waals surface area contributed by atoms with Gasteiger partial charge in [0, 0.05) is 74.2 Å². The summed E-state index contributed by atoms with van der Waals surface area (Å²) < 4.78 is 0. The number of nitrogens with zero attached hydrogens (tertiary/aromatic N) is 2. The van der Waals surface area contributed by atoms with Crippen molar-refractivity contribution in [3.05, 3.63) is 95.6 Å². The molecular weight excluding hydrogens is 576 g/mol. The van der Waals surface area contributed by atoms with Crippen molar-refractivity contribution in [2.24, 2.45) is 0 Å². The predicted octanol–water partition coefficient (Wildman–Crippen LogP) is 3.15. The van der Waals surface area contributed by atoms with E-state index < -0.39 is 23.9 Å². The minimum absolute atomic E-state index is 0.267. The van der Waals surface area contributed by atoms with Crippen LogP contribution in [0.4, 0.5) is 0 Å². The number of β-amino-alcohol motifs (C(OH)–C–C–N with tert-alkyl or cyclic N) is 1. The highest BCUT2D eigenvalue weighted by Gasteiger charge is 2.19. The zero-order chi connectivity index (χ0) is 31.6. The summed E-state index contributed by atoms with van der Waals surface area (Å²) in [5, 5.41) is 40.3. The van der Waals surface area contributed by atoms with E-state index in [0.29, 0.717) is 24.3 Å². The van der Waals surface area contributed by atoms with E-state index in [-0.39, 0.29) is 6.61 Å². The molecule has 43 heavy (non-hydrogen) atoms. The van der Waals surface area contributed by atoms with E-state index in [0.717, 1.165) is 51.4 Å². The highest BCUT2D eigenvalue weighted by molar-refractivity contribution is 7.98. The Labute approximate surface area is 254 Å². The number of aliphatic carboxylic acids is 4. The minimum atomic E-state index is -1.26. The minimum Gasteiger partial charge on any atom is -0.478 e. The first-order chi connectivity index (χ1) is 20.6. The van der Waals surface area contributed by atoms with Gasteiger partial charge in [0.15, 0.2) is 0 Å². The summed E-state index contributed by atoms with van der Waals surface area (Å²) in [7, 11) is 0. The summed E-state index contributed by atoms with van der Waals surface area (Å²) in [5.41, 5.74) is 5.59. The lowest BCUT2D eigenvalue weighted by Crippen LogP contribution is -2.47. The van der Waals surface area contributed by atoms with Gasteiger partial charge in [-0.05, 0) is 34.8 Å². The third kappa shape index (κ3) is 13.5. The summed E-state index contributed by atoms with van der Waals surface area (Å²) in [4.78, 5) is 44.5. The zero-order valence-electron chi connectivity index (χ0n) is 23.5. The van der Waals surface area contributed by atoms with E-state index in [2.05, 4.69) is 64.4 Å². The molecule has 0 amide bonds. The fourth-order valence-corrected chi connectivity index (χ4v) is 5.37. The molecule has 0 unspecified atom stereocenters. The number of piperazine rings is 1. The molecule has 1 fully saturated rings. The predicted molar refractivity (Wildman–Crippen MR) is 163 cm³/mol. The average Bonchev–Trinajstić information content (AvgIpc) is 3.14. The van der Waals surface area contributed by atoms with Crippen LogP contribution in [0.25, 0.3) is 5.57 Å². The second kappa shape index (κ2) is 19.1. The number of hydrogen-bond donors (Lipinski definition) is 5. The Morgan fingerprint density at radius 1 is 0.674 bits per heavy atom. The maximum atomic E-state index is 9.55. The molecule has 0 saturated carbocycles. The van der Waals surface area contributed by atoms with Crippen LogP contribution in [0, 0.1) is 0 Å². The van der Waals surface area contributed by atoms with E-state index in [1.54, 1.807) is 0 Å². The number of fused-ring (bicyclic) bond motifs is 2. The lowest BCUT2D eigenvalue weighted by Gasteiger charge is -2.34. The number of carboxylic acid groups (broad SMARTS) is 4. The second-order valence-corrected chi connectivity index (χ2v) is 10.3. The molecule has 5 N–H and O–H groups in total. The molecule has 0 spiro atoms. The first-order valence-electron chi connectivity index (χ1n) is 13.4. The number of carboxylic acids is 4. The quantitative estimate of drug-likeness (QED) is 0.262. The monoisotopic (exact) mass is 612 g/mol. The molecule has 2 aliphatic heterocycles. The number of carbonyl (C=O) groups is 4. The van der Waals surface area contributed by atoms with Gasteiger partial charge in [0.1, 0.15) is 0 Å². The number of thioether (sulfide) groups is 1. The molecule has 2 aliphatic rings. The zero-order valence-corrected chi connectivity index (χ0v) is 24.4. The van der Waals surface area contributed by atoms with Crippen LogP contribution in [-0.4, -0.2) is 105 Å². The lowest BCUT2D eigenvalue weighted by atomic mass is 9.93. The Balaban J connectivity index is 0.000000334. The first kappa shape index (κ1) is 35.0. The molecule has 0 radical (unpaired) electrons. The third-order valence-corrected chi connectivity index (χ3v) is 7.40. The largest absolute Gasteiger partial charge is 0.478 e. The van der Waals surface area contributed by atoms with Gasteiger partial charge in [-0.25, -0.2) is 19.2 Å². The van der Waals surface area contributed by atoms with E-state index in [9.17, 15) is 19.2 Å². The summed E-state index contributed by atoms with van der Waals surface area (Å²) in [6.07, 6.45) is 5.75. The molecule has 4 rings (SSSR count). The highest BCUT2D eigenvalue weighted by atomic mass is 32.2. The van der Waals surface area contributed by atoms with Crippen LogP contribution in [-0.2, 0) is 24.9 Å². The molecule has 2 aromatic carbocycles. The SMILES string of the molecule is O=C(O)/C=C\C(=O)O.O=C(O)/C=C\C(=O)O.OCCN1CCN(CC/C=C2/c3ccccc3CSc3ccccc32)CC1. The molecule has 0 atom stereocenters. The smallest absolute Gasteiger partial charge is 0.328 e. The Morgan fingerprint density at radius 3 is 1.65 bits per heavy atom. The number of benzene rings is 2. The van der Waals surface area contributed by atoms with E-state index in [1.165, 1.54) is 27.2 Å². The van der Waals surface area contributed by atoms with Crippen LogP contribution in [0.1, 0.15) is 23.1 Å². The maximum absolute atomic E-state index is 9.55. The van der Waals surface area contributed by atoms with Gasteiger partial charge in [-0.3, -0.25) is 4.90 Å². The number of hydrogen-bond acceptors (Lipinski definition) is 8. The second-order valence-electron chi connectivity index (χ2n) is 9.27. The van der Waals surface area contributed by atoms with Crippen LogP contribution in [0.3, 0.4) is 0 Å². The van der Waals surface area contributed by atoms with Crippen molar-refractivity contribution in [1.29, 1.82) is 0 Å². The van der Waals surface area contributed by atoms with Crippen molar-refractivity contribution in [1.82, 2.24) is 9.80 Å². The van der Waals surface area contributed by atoms with Gasteiger partial charge in [0.2, 0.25) is 0 Å². The van der Waals surface area contributed by atoms with E-state index >= 15 is 0 Å². The van der Waals surface area contributed by atoms with Crippen LogP contribution in [0.2, 0.25) is 0 Å². The van der Waals surface area contributed by atoms with Crippen LogP contribution in [0.5, 0.6) is 0 Å². The molecule has 2 aromatic rings. The molecule has 0 bridgehead atoms. The van der Waals surface area contributed by atoms with Gasteiger partial charge in [-0.1, -0.05) is 48.5 Å². The molecule has 230 valence electrons. The fraction of sp³-hybridized carbons (Fsp3) is 0.290. The molecule has 0 aromatic heterocycles. The Morgan fingerprint density at radius 2 is 1.14 bits per heavy atom. The van der Waals surface area contributed by atoms with Gasteiger partial charge in [0.05, 0.1) is 6.61 Å². The van der Waals surface area contributed by atoms with E-state index in [1.807, 2.05) is 11.8 Å². The molecule has 11 nitrogen and oxygen atoms in total. The van der Waals surface area contributed by atoms with Gasteiger partial charge >= 0.3 is 23.9 Å². The van der Waals surface area contributed by atoms with Gasteiger partial charge < -0.3 is 30.4 Å². The van der Waals surface area contributed by atoms with Gasteiger partial charge in [0.25, 0.3) is 0 Å². The lowest BCUT2D eigenvalue weighted by molar-refractivity contribution is -0.134. The molecular formula is C31H36N2O9S. The van der Waals surface area contributed by atoms with Crippen molar-refractivity contribution in [3.8, 4) is 0 Å². The number of aliphatic hydroxyl groups excluding tert-OH is 1. The highest BCUT2D eigenvalue weighted by Crippen LogP contribution is 2.40. The molecule has 12 heteroatoms. The van der Waals surface area contributed by atoms with Crippen LogP contribution in [0.15, 0.2) is 83.8 Å². The van der Waals surface area contributed by atoms with Gasteiger partial charge in [-0.2, -0.15) is 0 Å². The van der Waals surface area contributed by atoms with Crippen molar-refractivity contribution in [3.63, 3.8) is 0 Å². The maximum Gasteiger partial charge on any atom is 0.328 e. The summed E-state index contributed by atoms with van der Waals surface area (Å²) >= 11 is 1.95. The fourth-order valence-electron chi connectivity index (χ4n) is 4.30. The molecule has 0 aliphatic carbocycles. The van der Waals surface area contributed by atoms with Crippen LogP contribution >= 0.6 is 11.8 Å². The Bertz CT molecular complexity index is 1220. The first-order valence-corrected chi connectivity index (χ1v) is 14.4. The van der Waals surface area contributed by atoms with E-state index in [4.69, 9.17) is 25.5 Å². The number of rotatable bonds is 9. The summed E-state index contributed by atoms with van der Waals surface area (Å²) in [5.74, 6) is -3.99. The van der Waals surface area contributed by atoms with Crippen LogP contribution < -0.4 is 0 Å². The van der Waals surface area contributed by atoms with Crippen molar-refractivity contribution < 1.29 is 44.7 Å². The van der Waals surface area contributed by atoms with Crippen molar-refractivity contribution >= 4 is 41.2 Å². The average molecular weight is 613 g/mol. The Hall–Kier alpha value is -4.23. The topological polar surface area (TPSA) is 176 Å². The van der Waals surface area contributed by atoms with Gasteiger partial charge in [-0.15, -0.1) is 11.8 Å². The summed E-state index contributed by atoms with van der Waals surface area (Å²) in [6.45, 7) is 6.53.